The lowest BCUT2D eigenvalue weighted by Crippen LogP contribution is -2.24. The predicted molar refractivity (Wildman–Crippen MR) is 151 cm³/mol. The van der Waals surface area contributed by atoms with E-state index in [2.05, 4.69) is 22.4 Å². The van der Waals surface area contributed by atoms with Crippen LogP contribution in [0.2, 0.25) is 0 Å². The van der Waals surface area contributed by atoms with Gasteiger partial charge < -0.3 is 15.2 Å². The standard InChI is InChI=1S/C33H30N2O3/c1-23-11-13-25(14-12-23)22-38-31-21-27(33(37)35-18-5-9-24-7-3-2-4-8-24)15-16-29(31)28-19-26-10-6-17-34-32(26)30(36)20-28/h2-4,6-8,10-17,19-21,36H,5,9,18,22H2,1H3,(H,35,37). The second-order valence-corrected chi connectivity index (χ2v) is 9.40. The number of hydrogen-bond donors (Lipinski definition) is 2. The molecule has 190 valence electrons. The molecule has 0 radical (unpaired) electrons. The number of hydrogen-bond acceptors (Lipinski definition) is 4. The predicted octanol–water partition coefficient (Wildman–Crippen LogP) is 6.86. The number of carbonyl (C=O) groups is 1. The highest BCUT2D eigenvalue weighted by molar-refractivity contribution is 5.96. The Hall–Kier alpha value is -4.64. The molecule has 0 unspecified atom stereocenters. The van der Waals surface area contributed by atoms with Crippen LogP contribution in [0.3, 0.4) is 0 Å². The first-order valence-corrected chi connectivity index (χ1v) is 12.8. The quantitative estimate of drug-likeness (QED) is 0.216. The Bertz CT molecular complexity index is 1550. The van der Waals surface area contributed by atoms with Crippen LogP contribution in [0, 0.1) is 6.92 Å². The number of aryl methyl sites for hydroxylation is 2. The lowest BCUT2D eigenvalue weighted by molar-refractivity contribution is 0.0952. The minimum Gasteiger partial charge on any atom is -0.506 e. The molecule has 5 heteroatoms. The zero-order valence-corrected chi connectivity index (χ0v) is 21.4. The maximum Gasteiger partial charge on any atom is 0.251 e. The van der Waals surface area contributed by atoms with E-state index in [4.69, 9.17) is 4.74 Å². The number of fused-ring (bicyclic) bond motifs is 1. The molecule has 0 fully saturated rings. The van der Waals surface area contributed by atoms with Crippen LogP contribution in [-0.2, 0) is 13.0 Å². The summed E-state index contributed by atoms with van der Waals surface area (Å²) in [7, 11) is 0. The first-order valence-electron chi connectivity index (χ1n) is 12.8. The molecule has 0 saturated carbocycles. The molecule has 38 heavy (non-hydrogen) atoms. The van der Waals surface area contributed by atoms with Crippen molar-refractivity contribution in [2.75, 3.05) is 6.54 Å². The van der Waals surface area contributed by atoms with Crippen LogP contribution in [0.5, 0.6) is 11.5 Å². The van der Waals surface area contributed by atoms with Crippen LogP contribution in [0.4, 0.5) is 0 Å². The van der Waals surface area contributed by atoms with E-state index in [1.54, 1.807) is 24.4 Å². The van der Waals surface area contributed by atoms with Gasteiger partial charge in [-0.3, -0.25) is 9.78 Å². The lowest BCUT2D eigenvalue weighted by Gasteiger charge is -2.15. The Morgan fingerprint density at radius 2 is 1.71 bits per heavy atom. The van der Waals surface area contributed by atoms with Crippen molar-refractivity contribution in [2.24, 2.45) is 0 Å². The molecule has 0 atom stereocenters. The van der Waals surface area contributed by atoms with Crippen molar-refractivity contribution in [3.63, 3.8) is 0 Å². The third kappa shape index (κ3) is 6.01. The molecule has 1 aromatic heterocycles. The van der Waals surface area contributed by atoms with Crippen LogP contribution < -0.4 is 10.1 Å². The van der Waals surface area contributed by atoms with Crippen molar-refractivity contribution in [3.05, 3.63) is 126 Å². The van der Waals surface area contributed by atoms with Gasteiger partial charge in [-0.2, -0.15) is 0 Å². The molecule has 0 saturated heterocycles. The highest BCUT2D eigenvalue weighted by Gasteiger charge is 2.15. The van der Waals surface area contributed by atoms with Gasteiger partial charge in [-0.25, -0.2) is 0 Å². The molecule has 0 aliphatic heterocycles. The van der Waals surface area contributed by atoms with E-state index < -0.39 is 0 Å². The Morgan fingerprint density at radius 1 is 0.895 bits per heavy atom. The van der Waals surface area contributed by atoms with Gasteiger partial charge in [0.1, 0.15) is 23.6 Å². The zero-order valence-electron chi connectivity index (χ0n) is 21.4. The smallest absolute Gasteiger partial charge is 0.251 e. The fraction of sp³-hybridized carbons (Fsp3) is 0.152. The number of benzene rings is 4. The number of aromatic nitrogens is 1. The van der Waals surface area contributed by atoms with E-state index in [1.165, 1.54) is 11.1 Å². The van der Waals surface area contributed by atoms with Crippen LogP contribution in [0.1, 0.15) is 33.5 Å². The van der Waals surface area contributed by atoms with Gasteiger partial charge in [0.15, 0.2) is 0 Å². The summed E-state index contributed by atoms with van der Waals surface area (Å²) in [5, 5.41) is 14.5. The maximum absolute atomic E-state index is 13.0. The summed E-state index contributed by atoms with van der Waals surface area (Å²) in [6.45, 7) is 2.99. The third-order valence-corrected chi connectivity index (χ3v) is 6.53. The molecule has 1 amide bonds. The van der Waals surface area contributed by atoms with E-state index in [0.29, 0.717) is 30.0 Å². The highest BCUT2D eigenvalue weighted by Crippen LogP contribution is 2.36. The van der Waals surface area contributed by atoms with Crippen LogP contribution in [0.25, 0.3) is 22.0 Å². The van der Waals surface area contributed by atoms with Crippen LogP contribution in [0.15, 0.2) is 103 Å². The Morgan fingerprint density at radius 3 is 2.53 bits per heavy atom. The molecule has 2 N–H and O–H groups in total. The van der Waals surface area contributed by atoms with Crippen molar-refractivity contribution < 1.29 is 14.6 Å². The largest absolute Gasteiger partial charge is 0.506 e. The second-order valence-electron chi connectivity index (χ2n) is 9.40. The second kappa shape index (κ2) is 11.6. The van der Waals surface area contributed by atoms with Crippen LogP contribution in [-0.4, -0.2) is 22.5 Å². The minimum atomic E-state index is -0.143. The summed E-state index contributed by atoms with van der Waals surface area (Å²) in [6.07, 6.45) is 3.42. The van der Waals surface area contributed by atoms with Gasteiger partial charge in [0.2, 0.25) is 0 Å². The number of aromatic hydroxyl groups is 1. The number of pyridine rings is 1. The number of amides is 1. The van der Waals surface area contributed by atoms with Crippen molar-refractivity contribution in [3.8, 4) is 22.6 Å². The van der Waals surface area contributed by atoms with E-state index in [-0.39, 0.29) is 11.7 Å². The molecule has 4 aromatic carbocycles. The highest BCUT2D eigenvalue weighted by atomic mass is 16.5. The van der Waals surface area contributed by atoms with Crippen molar-refractivity contribution in [2.45, 2.75) is 26.4 Å². The molecular weight excluding hydrogens is 472 g/mol. The Balaban J connectivity index is 1.38. The van der Waals surface area contributed by atoms with Crippen molar-refractivity contribution in [1.29, 1.82) is 0 Å². The van der Waals surface area contributed by atoms with Gasteiger partial charge in [-0.1, -0.05) is 66.2 Å². The normalized spacial score (nSPS) is 10.9. The number of phenols is 1. The number of rotatable bonds is 9. The molecule has 0 spiro atoms. The summed E-state index contributed by atoms with van der Waals surface area (Å²) in [6, 6.07) is 31.3. The van der Waals surface area contributed by atoms with E-state index in [0.717, 1.165) is 34.9 Å². The van der Waals surface area contributed by atoms with E-state index >= 15 is 0 Å². The number of nitrogens with zero attached hydrogens (tertiary/aromatic N) is 1. The molecular formula is C33H30N2O3. The first kappa shape index (κ1) is 25.0. The van der Waals surface area contributed by atoms with Gasteiger partial charge in [-0.05, 0) is 72.9 Å². The minimum absolute atomic E-state index is 0.0998. The lowest BCUT2D eigenvalue weighted by atomic mass is 9.99. The summed E-state index contributed by atoms with van der Waals surface area (Å²) in [4.78, 5) is 17.3. The van der Waals surface area contributed by atoms with Gasteiger partial charge in [-0.15, -0.1) is 0 Å². The van der Waals surface area contributed by atoms with Gasteiger partial charge in [0.25, 0.3) is 5.91 Å². The monoisotopic (exact) mass is 502 g/mol. The average Bonchev–Trinajstić information content (AvgIpc) is 2.95. The summed E-state index contributed by atoms with van der Waals surface area (Å²) in [5.41, 5.74) is 6.12. The zero-order chi connectivity index (χ0) is 26.3. The molecule has 0 bridgehead atoms. The third-order valence-electron chi connectivity index (χ3n) is 6.53. The first-order chi connectivity index (χ1) is 18.6. The van der Waals surface area contributed by atoms with E-state index in [1.807, 2.05) is 73.7 Å². The van der Waals surface area contributed by atoms with Gasteiger partial charge in [0, 0.05) is 29.3 Å². The molecule has 5 nitrogen and oxygen atoms in total. The SMILES string of the molecule is Cc1ccc(COc2cc(C(=O)NCCCc3ccccc3)ccc2-c2cc(O)c3ncccc3c2)cc1. The molecule has 1 heterocycles. The van der Waals surface area contributed by atoms with Gasteiger partial charge >= 0.3 is 0 Å². The number of ether oxygens (including phenoxy) is 1. The number of phenolic OH excluding ortho intramolecular Hbond substituents is 1. The Labute approximate surface area is 222 Å². The number of nitrogens with one attached hydrogen (secondary N) is 1. The summed E-state index contributed by atoms with van der Waals surface area (Å²) < 4.78 is 6.27. The van der Waals surface area contributed by atoms with Crippen molar-refractivity contribution in [1.82, 2.24) is 10.3 Å². The topological polar surface area (TPSA) is 71.5 Å². The van der Waals surface area contributed by atoms with E-state index in [9.17, 15) is 9.90 Å². The number of carbonyl (C=O) groups excluding carboxylic acids is 1. The summed E-state index contributed by atoms with van der Waals surface area (Å²) >= 11 is 0. The molecule has 0 aliphatic rings. The fourth-order valence-electron chi connectivity index (χ4n) is 4.44. The van der Waals surface area contributed by atoms with Gasteiger partial charge in [0.05, 0.1) is 0 Å². The van der Waals surface area contributed by atoms with Crippen LogP contribution >= 0.6 is 0 Å². The van der Waals surface area contributed by atoms with Crippen molar-refractivity contribution >= 4 is 16.8 Å². The Kier molecular flexibility index (Phi) is 7.65. The molecule has 5 rings (SSSR count). The average molecular weight is 503 g/mol. The summed E-state index contributed by atoms with van der Waals surface area (Å²) in [5.74, 6) is 0.531. The molecule has 0 aliphatic carbocycles. The molecule has 5 aromatic rings. The fourth-order valence-corrected chi connectivity index (χ4v) is 4.44. The maximum atomic E-state index is 13.0.